The zero-order chi connectivity index (χ0) is 12.1. The van der Waals surface area contributed by atoms with Gasteiger partial charge in [0.15, 0.2) is 0 Å². The lowest BCUT2D eigenvalue weighted by Crippen LogP contribution is -2.16. The fraction of sp³-hybridized carbons (Fsp3) is 0.462. The summed E-state index contributed by atoms with van der Waals surface area (Å²) in [6, 6.07) is 8.03. The van der Waals surface area contributed by atoms with Crippen LogP contribution >= 0.6 is 0 Å². The van der Waals surface area contributed by atoms with Gasteiger partial charge >= 0.3 is 5.97 Å². The van der Waals surface area contributed by atoms with Crippen LogP contribution in [0.25, 0.3) is 0 Å². The van der Waals surface area contributed by atoms with E-state index in [-0.39, 0.29) is 5.92 Å². The Hall–Kier alpha value is -1.35. The summed E-state index contributed by atoms with van der Waals surface area (Å²) in [5.41, 5.74) is 2.34. The smallest absolute Gasteiger partial charge is 0.306 e. The van der Waals surface area contributed by atoms with Crippen molar-refractivity contribution in [1.29, 1.82) is 0 Å². The largest absolute Gasteiger partial charge is 0.481 e. The van der Waals surface area contributed by atoms with Crippen LogP contribution in [0.1, 0.15) is 18.1 Å². The Balaban J connectivity index is 2.82. The monoisotopic (exact) mass is 221 g/mol. The van der Waals surface area contributed by atoms with Crippen molar-refractivity contribution >= 4 is 5.97 Å². The highest BCUT2D eigenvalue weighted by Crippen LogP contribution is 2.15. The highest BCUT2D eigenvalue weighted by molar-refractivity contribution is 5.70. The minimum Gasteiger partial charge on any atom is -0.481 e. The van der Waals surface area contributed by atoms with E-state index in [9.17, 15) is 4.79 Å². The second kappa shape index (κ2) is 5.66. The van der Waals surface area contributed by atoms with Gasteiger partial charge in [0.05, 0.1) is 5.92 Å². The molecule has 1 aromatic carbocycles. The lowest BCUT2D eigenvalue weighted by atomic mass is 9.97. The number of benzene rings is 1. The predicted molar refractivity (Wildman–Crippen MR) is 64.3 cm³/mol. The minimum atomic E-state index is -0.736. The third kappa shape index (κ3) is 3.66. The Morgan fingerprint density at radius 2 is 1.88 bits per heavy atom. The van der Waals surface area contributed by atoms with Crippen molar-refractivity contribution in [2.75, 3.05) is 14.1 Å². The highest BCUT2D eigenvalue weighted by Gasteiger charge is 2.13. The zero-order valence-corrected chi connectivity index (χ0v) is 10.1. The van der Waals surface area contributed by atoms with E-state index in [1.165, 1.54) is 5.56 Å². The fourth-order valence-corrected chi connectivity index (χ4v) is 1.67. The molecule has 0 aliphatic rings. The van der Waals surface area contributed by atoms with E-state index < -0.39 is 5.97 Å². The van der Waals surface area contributed by atoms with Gasteiger partial charge in [-0.25, -0.2) is 0 Å². The van der Waals surface area contributed by atoms with E-state index in [2.05, 4.69) is 11.0 Å². The number of carbonyl (C=O) groups is 1. The topological polar surface area (TPSA) is 40.5 Å². The Morgan fingerprint density at radius 3 is 2.38 bits per heavy atom. The quantitative estimate of drug-likeness (QED) is 0.827. The highest BCUT2D eigenvalue weighted by atomic mass is 16.4. The van der Waals surface area contributed by atoms with Gasteiger partial charge < -0.3 is 10.0 Å². The third-order valence-electron chi connectivity index (χ3n) is 2.55. The third-order valence-corrected chi connectivity index (χ3v) is 2.55. The molecule has 0 aliphatic heterocycles. The molecule has 0 bridgehead atoms. The van der Waals surface area contributed by atoms with E-state index in [4.69, 9.17) is 5.11 Å². The first kappa shape index (κ1) is 12.7. The van der Waals surface area contributed by atoms with E-state index >= 15 is 0 Å². The lowest BCUT2D eigenvalue weighted by molar-refractivity contribution is -0.141. The summed E-state index contributed by atoms with van der Waals surface area (Å²) in [4.78, 5) is 12.9. The van der Waals surface area contributed by atoms with Crippen LogP contribution in [0.4, 0.5) is 0 Å². The standard InChI is InChI=1S/C13H19NO2/c1-10(13(15)16)8-11-6-4-5-7-12(11)9-14(2)3/h4-7,10H,8-9H2,1-3H3,(H,15,16). The van der Waals surface area contributed by atoms with E-state index in [1.807, 2.05) is 32.3 Å². The van der Waals surface area contributed by atoms with Crippen molar-refractivity contribution in [3.05, 3.63) is 35.4 Å². The number of hydrogen-bond donors (Lipinski definition) is 1. The number of rotatable bonds is 5. The average molecular weight is 221 g/mol. The van der Waals surface area contributed by atoms with Gasteiger partial charge in [0, 0.05) is 6.54 Å². The van der Waals surface area contributed by atoms with Gasteiger partial charge in [0.1, 0.15) is 0 Å². The molecule has 1 atom stereocenters. The van der Waals surface area contributed by atoms with Crippen molar-refractivity contribution in [3.63, 3.8) is 0 Å². The number of nitrogens with zero attached hydrogens (tertiary/aromatic N) is 1. The molecule has 3 heteroatoms. The van der Waals surface area contributed by atoms with Crippen LogP contribution in [0.3, 0.4) is 0 Å². The number of carboxylic acid groups (broad SMARTS) is 1. The molecule has 0 aliphatic carbocycles. The fourth-order valence-electron chi connectivity index (χ4n) is 1.67. The molecular formula is C13H19NO2. The maximum absolute atomic E-state index is 10.8. The van der Waals surface area contributed by atoms with Crippen molar-refractivity contribution in [1.82, 2.24) is 4.90 Å². The molecule has 0 radical (unpaired) electrons. The maximum Gasteiger partial charge on any atom is 0.306 e. The second-order valence-corrected chi connectivity index (χ2v) is 4.45. The molecule has 0 aromatic heterocycles. The number of aliphatic carboxylic acids is 1. The molecule has 1 aromatic rings. The maximum atomic E-state index is 10.8. The van der Waals surface area contributed by atoms with Crippen LogP contribution in [0, 0.1) is 5.92 Å². The summed E-state index contributed by atoms with van der Waals surface area (Å²) in [6.07, 6.45) is 0.597. The van der Waals surface area contributed by atoms with Gasteiger partial charge in [-0.3, -0.25) is 4.79 Å². The SMILES string of the molecule is CC(Cc1ccccc1CN(C)C)C(=O)O. The molecule has 3 nitrogen and oxygen atoms in total. The first-order valence-corrected chi connectivity index (χ1v) is 5.45. The molecule has 88 valence electrons. The Morgan fingerprint density at radius 1 is 1.31 bits per heavy atom. The predicted octanol–water partition coefficient (Wildman–Crippen LogP) is 2.01. The van der Waals surface area contributed by atoms with Gasteiger partial charge in [-0.15, -0.1) is 0 Å². The van der Waals surface area contributed by atoms with Crippen molar-refractivity contribution in [3.8, 4) is 0 Å². The van der Waals surface area contributed by atoms with Crippen LogP contribution in [-0.2, 0) is 17.8 Å². The second-order valence-electron chi connectivity index (χ2n) is 4.45. The summed E-state index contributed by atoms with van der Waals surface area (Å²) in [7, 11) is 4.02. The van der Waals surface area contributed by atoms with E-state index in [1.54, 1.807) is 6.92 Å². The molecule has 0 amide bonds. The van der Waals surface area contributed by atoms with Crippen LogP contribution in [0.15, 0.2) is 24.3 Å². The Kier molecular flexibility index (Phi) is 4.50. The normalized spacial score (nSPS) is 12.8. The molecule has 1 N–H and O–H groups in total. The molecule has 0 saturated carbocycles. The lowest BCUT2D eigenvalue weighted by Gasteiger charge is -2.15. The van der Waals surface area contributed by atoms with Gasteiger partial charge in [0.2, 0.25) is 0 Å². The first-order valence-electron chi connectivity index (χ1n) is 5.45. The molecule has 0 spiro atoms. The zero-order valence-electron chi connectivity index (χ0n) is 10.1. The van der Waals surface area contributed by atoms with E-state index in [0.717, 1.165) is 12.1 Å². The molecule has 0 fully saturated rings. The summed E-state index contributed by atoms with van der Waals surface area (Å²) in [6.45, 7) is 2.59. The van der Waals surface area contributed by atoms with Crippen LogP contribution in [0.5, 0.6) is 0 Å². The Labute approximate surface area is 96.7 Å². The van der Waals surface area contributed by atoms with E-state index in [0.29, 0.717) is 6.42 Å². The molecule has 1 unspecified atom stereocenters. The first-order chi connectivity index (χ1) is 7.50. The molecular weight excluding hydrogens is 202 g/mol. The summed E-state index contributed by atoms with van der Waals surface area (Å²) >= 11 is 0. The van der Waals surface area contributed by atoms with Gasteiger partial charge in [0.25, 0.3) is 0 Å². The summed E-state index contributed by atoms with van der Waals surface area (Å²) in [5, 5.41) is 8.91. The molecule has 0 saturated heterocycles. The van der Waals surface area contributed by atoms with Gasteiger partial charge in [-0.1, -0.05) is 31.2 Å². The van der Waals surface area contributed by atoms with Crippen LogP contribution in [-0.4, -0.2) is 30.1 Å². The summed E-state index contributed by atoms with van der Waals surface area (Å²) in [5.74, 6) is -1.07. The minimum absolute atomic E-state index is 0.330. The molecule has 1 rings (SSSR count). The van der Waals surface area contributed by atoms with Gasteiger partial charge in [-0.05, 0) is 31.6 Å². The summed E-state index contributed by atoms with van der Waals surface area (Å²) < 4.78 is 0. The van der Waals surface area contributed by atoms with Crippen molar-refractivity contribution in [2.24, 2.45) is 5.92 Å². The Bertz CT molecular complexity index is 361. The average Bonchev–Trinajstić information content (AvgIpc) is 2.20. The molecule has 16 heavy (non-hydrogen) atoms. The van der Waals surface area contributed by atoms with Crippen molar-refractivity contribution in [2.45, 2.75) is 19.9 Å². The number of hydrogen-bond acceptors (Lipinski definition) is 2. The van der Waals surface area contributed by atoms with Crippen molar-refractivity contribution < 1.29 is 9.90 Å². The van der Waals surface area contributed by atoms with Crippen LogP contribution < -0.4 is 0 Å². The van der Waals surface area contributed by atoms with Crippen LogP contribution in [0.2, 0.25) is 0 Å². The number of carboxylic acids is 1. The van der Waals surface area contributed by atoms with Gasteiger partial charge in [-0.2, -0.15) is 0 Å². The molecule has 0 heterocycles.